The van der Waals surface area contributed by atoms with E-state index >= 15 is 0 Å². The van der Waals surface area contributed by atoms with Gasteiger partial charge in [-0.25, -0.2) is 13.6 Å². The second-order valence-corrected chi connectivity index (χ2v) is 6.86. The molecule has 0 spiro atoms. The summed E-state index contributed by atoms with van der Waals surface area (Å²) in [5.74, 6) is 0. The molecule has 3 N–H and O–H groups in total. The maximum Gasteiger partial charge on any atom is 0.301 e. The second-order valence-electron chi connectivity index (χ2n) is 3.51. The summed E-state index contributed by atoms with van der Waals surface area (Å²) < 4.78 is 48.8. The van der Waals surface area contributed by atoms with E-state index in [2.05, 4.69) is 4.72 Å². The van der Waals surface area contributed by atoms with Crippen LogP contribution in [0.4, 0.5) is 5.69 Å². The molecule has 0 bridgehead atoms. The standard InChI is InChI=1S/C9H15N3O4S2/c1-3-11-18(15,16)12(2)8-4-6-9(7-5-8)17(10,13)14/h4-7,11H,3H2,1-2H3,(H2,10,13,14). The number of hydrogen-bond donors (Lipinski definition) is 2. The van der Waals surface area contributed by atoms with Gasteiger partial charge in [-0.1, -0.05) is 6.92 Å². The Morgan fingerprint density at radius 2 is 1.67 bits per heavy atom. The molecule has 0 amide bonds. The topological polar surface area (TPSA) is 110 Å². The fourth-order valence-electron chi connectivity index (χ4n) is 1.26. The van der Waals surface area contributed by atoms with Gasteiger partial charge in [-0.15, -0.1) is 0 Å². The lowest BCUT2D eigenvalue weighted by Crippen LogP contribution is -2.38. The Labute approximate surface area is 107 Å². The first-order valence-electron chi connectivity index (χ1n) is 5.05. The lowest BCUT2D eigenvalue weighted by atomic mass is 10.3. The molecule has 1 aromatic carbocycles. The van der Waals surface area contributed by atoms with Crippen LogP contribution in [-0.2, 0) is 20.2 Å². The van der Waals surface area contributed by atoms with Gasteiger partial charge in [0.15, 0.2) is 0 Å². The average Bonchev–Trinajstić information content (AvgIpc) is 2.27. The quantitative estimate of drug-likeness (QED) is 0.771. The predicted molar refractivity (Wildman–Crippen MR) is 68.8 cm³/mol. The zero-order valence-electron chi connectivity index (χ0n) is 9.99. The van der Waals surface area contributed by atoms with Gasteiger partial charge >= 0.3 is 10.2 Å². The van der Waals surface area contributed by atoms with E-state index in [1.807, 2.05) is 0 Å². The van der Waals surface area contributed by atoms with Crippen molar-refractivity contribution in [1.82, 2.24) is 4.72 Å². The molecule has 0 atom stereocenters. The van der Waals surface area contributed by atoms with E-state index in [9.17, 15) is 16.8 Å². The minimum Gasteiger partial charge on any atom is -0.261 e. The number of rotatable bonds is 5. The van der Waals surface area contributed by atoms with Crippen LogP contribution < -0.4 is 14.2 Å². The van der Waals surface area contributed by atoms with E-state index in [-0.39, 0.29) is 11.4 Å². The Morgan fingerprint density at radius 3 is 2.06 bits per heavy atom. The summed E-state index contributed by atoms with van der Waals surface area (Å²) in [6.07, 6.45) is 0. The molecule has 0 aromatic heterocycles. The molecule has 7 nitrogen and oxygen atoms in total. The van der Waals surface area contributed by atoms with E-state index in [4.69, 9.17) is 5.14 Å². The van der Waals surface area contributed by atoms with Crippen LogP contribution in [0.1, 0.15) is 6.92 Å². The first kappa shape index (κ1) is 14.9. The van der Waals surface area contributed by atoms with Gasteiger partial charge in [-0.3, -0.25) is 4.31 Å². The van der Waals surface area contributed by atoms with Gasteiger partial charge in [0.1, 0.15) is 0 Å². The number of sulfonamides is 1. The number of benzene rings is 1. The van der Waals surface area contributed by atoms with Gasteiger partial charge in [0.05, 0.1) is 10.6 Å². The predicted octanol–water partition coefficient (Wildman–Crippen LogP) is -0.375. The van der Waals surface area contributed by atoms with Gasteiger partial charge in [0.25, 0.3) is 0 Å². The van der Waals surface area contributed by atoms with Crippen molar-refractivity contribution in [2.24, 2.45) is 5.14 Å². The monoisotopic (exact) mass is 293 g/mol. The molecule has 0 saturated carbocycles. The van der Waals surface area contributed by atoms with Crippen LogP contribution in [0.5, 0.6) is 0 Å². The Balaban J connectivity index is 3.07. The minimum absolute atomic E-state index is 0.0690. The zero-order chi connectivity index (χ0) is 14.0. The Hall–Kier alpha value is -1.16. The zero-order valence-corrected chi connectivity index (χ0v) is 11.6. The highest BCUT2D eigenvalue weighted by Gasteiger charge is 2.17. The van der Waals surface area contributed by atoms with Crippen LogP contribution in [0.2, 0.25) is 0 Å². The number of nitrogens with zero attached hydrogens (tertiary/aromatic N) is 1. The highest BCUT2D eigenvalue weighted by Crippen LogP contribution is 2.17. The molecule has 0 unspecified atom stereocenters. The van der Waals surface area contributed by atoms with E-state index in [1.54, 1.807) is 6.92 Å². The van der Waals surface area contributed by atoms with E-state index in [0.717, 1.165) is 4.31 Å². The summed E-state index contributed by atoms with van der Waals surface area (Å²) in [5.41, 5.74) is 0.336. The van der Waals surface area contributed by atoms with Crippen molar-refractivity contribution in [3.05, 3.63) is 24.3 Å². The molecule has 0 radical (unpaired) electrons. The van der Waals surface area contributed by atoms with Gasteiger partial charge in [0, 0.05) is 13.6 Å². The Bertz CT molecular complexity index is 608. The van der Waals surface area contributed by atoms with E-state index < -0.39 is 20.2 Å². The summed E-state index contributed by atoms with van der Waals surface area (Å²) in [6, 6.07) is 5.24. The second kappa shape index (κ2) is 5.22. The third-order valence-electron chi connectivity index (χ3n) is 2.22. The SMILES string of the molecule is CCNS(=O)(=O)N(C)c1ccc(S(N)(=O)=O)cc1. The highest BCUT2D eigenvalue weighted by atomic mass is 32.2. The lowest BCUT2D eigenvalue weighted by molar-refractivity contribution is 0.582. The summed E-state index contributed by atoms with van der Waals surface area (Å²) in [4.78, 5) is -0.0690. The van der Waals surface area contributed by atoms with Crippen LogP contribution in [0.25, 0.3) is 0 Å². The van der Waals surface area contributed by atoms with Crippen molar-refractivity contribution in [2.75, 3.05) is 17.9 Å². The van der Waals surface area contributed by atoms with E-state index in [0.29, 0.717) is 5.69 Å². The fourth-order valence-corrected chi connectivity index (χ4v) is 2.74. The smallest absolute Gasteiger partial charge is 0.261 e. The highest BCUT2D eigenvalue weighted by molar-refractivity contribution is 7.90. The molecule has 1 rings (SSSR count). The maximum atomic E-state index is 11.7. The van der Waals surface area contributed by atoms with Gasteiger partial charge in [-0.2, -0.15) is 13.1 Å². The van der Waals surface area contributed by atoms with Gasteiger partial charge < -0.3 is 0 Å². The fraction of sp³-hybridized carbons (Fsp3) is 0.333. The molecule has 102 valence electrons. The van der Waals surface area contributed by atoms with Crippen molar-refractivity contribution < 1.29 is 16.8 Å². The molecule has 0 fully saturated rings. The molecule has 0 aliphatic heterocycles. The van der Waals surface area contributed by atoms with Crippen LogP contribution in [0, 0.1) is 0 Å². The molecule has 0 heterocycles. The first-order chi connectivity index (χ1) is 8.18. The maximum absolute atomic E-state index is 11.7. The Kier molecular flexibility index (Phi) is 4.32. The third-order valence-corrected chi connectivity index (χ3v) is 4.73. The van der Waals surface area contributed by atoms with Crippen LogP contribution >= 0.6 is 0 Å². The van der Waals surface area contributed by atoms with Crippen LogP contribution in [-0.4, -0.2) is 30.4 Å². The molecule has 9 heteroatoms. The average molecular weight is 293 g/mol. The van der Waals surface area contributed by atoms with Crippen molar-refractivity contribution in [1.29, 1.82) is 0 Å². The summed E-state index contributed by atoms with van der Waals surface area (Å²) in [6.45, 7) is 1.93. The molecular weight excluding hydrogens is 278 g/mol. The first-order valence-corrected chi connectivity index (χ1v) is 8.03. The van der Waals surface area contributed by atoms with E-state index in [1.165, 1.54) is 31.3 Å². The van der Waals surface area contributed by atoms with Crippen molar-refractivity contribution in [3.63, 3.8) is 0 Å². The number of nitrogens with one attached hydrogen (secondary N) is 1. The molecule has 0 saturated heterocycles. The number of nitrogens with two attached hydrogens (primary N) is 1. The summed E-state index contributed by atoms with van der Waals surface area (Å²) >= 11 is 0. The van der Waals surface area contributed by atoms with Gasteiger partial charge in [-0.05, 0) is 24.3 Å². The van der Waals surface area contributed by atoms with Crippen molar-refractivity contribution in [2.45, 2.75) is 11.8 Å². The minimum atomic E-state index is -3.77. The molecule has 18 heavy (non-hydrogen) atoms. The molecule has 0 aliphatic carbocycles. The van der Waals surface area contributed by atoms with Crippen LogP contribution in [0.15, 0.2) is 29.2 Å². The van der Waals surface area contributed by atoms with Gasteiger partial charge in [0.2, 0.25) is 10.0 Å². The third kappa shape index (κ3) is 3.42. The largest absolute Gasteiger partial charge is 0.301 e. The Morgan fingerprint density at radius 1 is 1.17 bits per heavy atom. The lowest BCUT2D eigenvalue weighted by Gasteiger charge is -2.19. The van der Waals surface area contributed by atoms with Crippen molar-refractivity contribution in [3.8, 4) is 0 Å². The van der Waals surface area contributed by atoms with Crippen molar-refractivity contribution >= 4 is 25.9 Å². The molecular formula is C9H15N3O4S2. The molecule has 1 aromatic rings. The summed E-state index contributed by atoms with van der Waals surface area (Å²) in [5, 5.41) is 4.94. The summed E-state index contributed by atoms with van der Waals surface area (Å²) in [7, 11) is -6.02. The number of hydrogen-bond acceptors (Lipinski definition) is 4. The van der Waals surface area contributed by atoms with Crippen LogP contribution in [0.3, 0.4) is 0 Å². The normalized spacial score (nSPS) is 12.4. The number of primary sulfonamides is 1. The molecule has 0 aliphatic rings. The number of anilines is 1.